The van der Waals surface area contributed by atoms with E-state index in [4.69, 9.17) is 0 Å². The minimum atomic E-state index is -0.851. The Bertz CT molecular complexity index is 939. The zero-order chi connectivity index (χ0) is 19.2. The Morgan fingerprint density at radius 1 is 1.30 bits per heavy atom. The van der Waals surface area contributed by atoms with Crippen LogP contribution < -0.4 is 0 Å². The largest absolute Gasteiger partial charge is 0.481 e. The first-order chi connectivity index (χ1) is 12.9. The van der Waals surface area contributed by atoms with E-state index in [0.29, 0.717) is 13.0 Å². The van der Waals surface area contributed by atoms with E-state index in [1.165, 1.54) is 23.0 Å². The fourth-order valence-corrected chi connectivity index (χ4v) is 4.34. The van der Waals surface area contributed by atoms with Crippen molar-refractivity contribution in [3.8, 4) is 5.69 Å². The molecule has 2 atom stereocenters. The van der Waals surface area contributed by atoms with Crippen LogP contribution in [0.25, 0.3) is 5.69 Å². The molecule has 0 bridgehead atoms. The van der Waals surface area contributed by atoms with Gasteiger partial charge in [-0.05, 0) is 30.9 Å². The molecular formula is C18H18N4O5. The van der Waals surface area contributed by atoms with Crippen LogP contribution in [0, 0.1) is 21.4 Å². The maximum Gasteiger partial charge on any atom is 0.311 e. The van der Waals surface area contributed by atoms with Gasteiger partial charge in [-0.25, -0.2) is 4.68 Å². The zero-order valence-corrected chi connectivity index (χ0v) is 14.4. The summed E-state index contributed by atoms with van der Waals surface area (Å²) in [6, 6.07) is 7.64. The van der Waals surface area contributed by atoms with Crippen molar-refractivity contribution >= 4 is 17.6 Å². The van der Waals surface area contributed by atoms with Crippen LogP contribution in [0.4, 0.5) is 5.69 Å². The van der Waals surface area contributed by atoms with E-state index in [1.54, 1.807) is 23.1 Å². The molecule has 2 aliphatic rings. The number of amides is 1. The summed E-state index contributed by atoms with van der Waals surface area (Å²) in [4.78, 5) is 36.8. The molecule has 4 rings (SSSR count). The molecule has 1 aliphatic carbocycles. The molecule has 1 aliphatic heterocycles. The van der Waals surface area contributed by atoms with Crippen molar-refractivity contribution in [1.82, 2.24) is 14.7 Å². The number of nitrogens with zero attached hydrogens (tertiary/aromatic N) is 4. The molecule has 1 aromatic heterocycles. The minimum Gasteiger partial charge on any atom is -0.481 e. The number of para-hydroxylation sites is 2. The van der Waals surface area contributed by atoms with Gasteiger partial charge in [-0.2, -0.15) is 5.10 Å². The van der Waals surface area contributed by atoms with Gasteiger partial charge >= 0.3 is 5.97 Å². The number of carbonyl (C=O) groups is 2. The molecule has 1 N–H and O–H groups in total. The van der Waals surface area contributed by atoms with Crippen LogP contribution >= 0.6 is 0 Å². The van der Waals surface area contributed by atoms with Crippen LogP contribution in [0.1, 0.15) is 29.8 Å². The molecule has 1 aromatic carbocycles. The average molecular weight is 370 g/mol. The molecule has 1 amide bonds. The van der Waals surface area contributed by atoms with E-state index in [2.05, 4.69) is 5.10 Å². The Morgan fingerprint density at radius 2 is 2.07 bits per heavy atom. The van der Waals surface area contributed by atoms with Gasteiger partial charge in [0.1, 0.15) is 5.69 Å². The summed E-state index contributed by atoms with van der Waals surface area (Å²) in [5, 5.41) is 25.1. The van der Waals surface area contributed by atoms with Crippen LogP contribution in [0.2, 0.25) is 0 Å². The summed E-state index contributed by atoms with van der Waals surface area (Å²) in [7, 11) is 0. The number of carboxylic acids is 1. The predicted molar refractivity (Wildman–Crippen MR) is 93.5 cm³/mol. The average Bonchev–Trinajstić information content (AvgIpc) is 3.35. The summed E-state index contributed by atoms with van der Waals surface area (Å²) >= 11 is 0. The van der Waals surface area contributed by atoms with Crippen LogP contribution in [0.5, 0.6) is 0 Å². The quantitative estimate of drug-likeness (QED) is 0.650. The van der Waals surface area contributed by atoms with E-state index >= 15 is 0 Å². The maximum atomic E-state index is 12.8. The second-order valence-electron chi connectivity index (χ2n) is 7.13. The van der Waals surface area contributed by atoms with Crippen LogP contribution in [0.15, 0.2) is 36.5 Å². The van der Waals surface area contributed by atoms with E-state index in [0.717, 1.165) is 12.8 Å². The molecule has 27 heavy (non-hydrogen) atoms. The summed E-state index contributed by atoms with van der Waals surface area (Å²) in [6.45, 7) is 0.591. The second-order valence-corrected chi connectivity index (χ2v) is 7.13. The van der Waals surface area contributed by atoms with Gasteiger partial charge in [-0.15, -0.1) is 0 Å². The smallest absolute Gasteiger partial charge is 0.311 e. The number of likely N-dealkylation sites (tertiary alicyclic amines) is 1. The van der Waals surface area contributed by atoms with Gasteiger partial charge in [0.15, 0.2) is 5.69 Å². The van der Waals surface area contributed by atoms with E-state index in [-0.39, 0.29) is 35.4 Å². The third kappa shape index (κ3) is 2.66. The lowest BCUT2D eigenvalue weighted by molar-refractivity contribution is -0.384. The maximum absolute atomic E-state index is 12.8. The van der Waals surface area contributed by atoms with Crippen molar-refractivity contribution in [3.05, 3.63) is 52.3 Å². The Balaban J connectivity index is 1.59. The number of hydrogen-bond donors (Lipinski definition) is 1. The van der Waals surface area contributed by atoms with Crippen molar-refractivity contribution in [2.45, 2.75) is 19.3 Å². The monoisotopic (exact) mass is 370 g/mol. The molecule has 1 saturated carbocycles. The molecule has 0 spiro atoms. The van der Waals surface area contributed by atoms with E-state index < -0.39 is 16.3 Å². The molecule has 0 unspecified atom stereocenters. The van der Waals surface area contributed by atoms with E-state index in [9.17, 15) is 24.8 Å². The number of carboxylic acid groups (broad SMARTS) is 1. The lowest BCUT2D eigenvalue weighted by Crippen LogP contribution is -2.37. The summed E-state index contributed by atoms with van der Waals surface area (Å²) in [6.07, 6.45) is 3.76. The normalized spacial score (nSPS) is 24.0. The third-order valence-corrected chi connectivity index (χ3v) is 5.72. The Kier molecular flexibility index (Phi) is 3.94. The van der Waals surface area contributed by atoms with Gasteiger partial charge < -0.3 is 10.0 Å². The Labute approximate surface area is 154 Å². The SMILES string of the molecule is O=C(c1ccn(-c2ccccc2[N+](=O)[O-])n1)N1C[C@@H]2CCC[C@@]2(C(=O)O)C1. The van der Waals surface area contributed by atoms with Crippen molar-refractivity contribution in [2.75, 3.05) is 13.1 Å². The van der Waals surface area contributed by atoms with Crippen molar-refractivity contribution in [3.63, 3.8) is 0 Å². The number of rotatable bonds is 4. The topological polar surface area (TPSA) is 119 Å². The Hall–Kier alpha value is -3.23. The molecule has 0 radical (unpaired) electrons. The predicted octanol–water partition coefficient (Wildman–Crippen LogP) is 2.11. The van der Waals surface area contributed by atoms with Gasteiger partial charge in [-0.1, -0.05) is 18.6 Å². The number of fused-ring (bicyclic) bond motifs is 1. The number of aromatic nitrogens is 2. The number of hydrogen-bond acceptors (Lipinski definition) is 5. The van der Waals surface area contributed by atoms with Crippen molar-refractivity contribution < 1.29 is 19.6 Å². The fraction of sp³-hybridized carbons (Fsp3) is 0.389. The second kappa shape index (κ2) is 6.19. The molecule has 140 valence electrons. The van der Waals surface area contributed by atoms with Gasteiger partial charge in [0.05, 0.1) is 10.3 Å². The Morgan fingerprint density at radius 3 is 2.78 bits per heavy atom. The number of nitro groups is 1. The summed E-state index contributed by atoms with van der Waals surface area (Å²) < 4.78 is 1.30. The first-order valence-electron chi connectivity index (χ1n) is 8.74. The number of aliphatic carboxylic acids is 1. The van der Waals surface area contributed by atoms with Crippen molar-refractivity contribution in [2.24, 2.45) is 11.3 Å². The minimum absolute atomic E-state index is 0.0313. The highest BCUT2D eigenvalue weighted by Crippen LogP contribution is 2.49. The van der Waals surface area contributed by atoms with Gasteiger partial charge in [0, 0.05) is 25.4 Å². The molecule has 2 aromatic rings. The van der Waals surface area contributed by atoms with Crippen molar-refractivity contribution in [1.29, 1.82) is 0 Å². The van der Waals surface area contributed by atoms with Gasteiger partial charge in [0.25, 0.3) is 11.6 Å². The van der Waals surface area contributed by atoms with Crippen LogP contribution in [0.3, 0.4) is 0 Å². The fourth-order valence-electron chi connectivity index (χ4n) is 4.34. The van der Waals surface area contributed by atoms with Gasteiger partial charge in [0.2, 0.25) is 0 Å². The number of nitro benzene ring substituents is 1. The standard InChI is InChI=1S/C18H18N4O5/c23-16(20-10-12-4-3-8-18(12,11-20)17(24)25)13-7-9-21(19-13)14-5-1-2-6-15(14)22(26)27/h1-2,5-7,9,12H,3-4,8,10-11H2,(H,24,25)/t12-,18+/m0/s1. The molecule has 2 heterocycles. The molecule has 2 fully saturated rings. The van der Waals surface area contributed by atoms with Crippen LogP contribution in [-0.4, -0.2) is 49.7 Å². The summed E-state index contributed by atoms with van der Waals surface area (Å²) in [5.41, 5.74) is -0.549. The van der Waals surface area contributed by atoms with Crippen LogP contribution in [-0.2, 0) is 4.79 Å². The highest BCUT2D eigenvalue weighted by atomic mass is 16.6. The molecular weight excluding hydrogens is 352 g/mol. The van der Waals surface area contributed by atoms with E-state index in [1.807, 2.05) is 0 Å². The lowest BCUT2D eigenvalue weighted by Gasteiger charge is -2.23. The third-order valence-electron chi connectivity index (χ3n) is 5.72. The summed E-state index contributed by atoms with van der Waals surface area (Å²) in [5.74, 6) is -1.22. The first-order valence-corrected chi connectivity index (χ1v) is 8.74. The van der Waals surface area contributed by atoms with Gasteiger partial charge in [-0.3, -0.25) is 19.7 Å². The highest BCUT2D eigenvalue weighted by molar-refractivity contribution is 5.93. The molecule has 9 nitrogen and oxygen atoms in total. The first kappa shape index (κ1) is 17.2. The molecule has 9 heteroatoms. The number of benzene rings is 1. The highest BCUT2D eigenvalue weighted by Gasteiger charge is 2.56. The zero-order valence-electron chi connectivity index (χ0n) is 14.4. The lowest BCUT2D eigenvalue weighted by atomic mass is 9.81. The molecule has 1 saturated heterocycles. The number of carbonyl (C=O) groups excluding carboxylic acids is 1.